The number of carboxylic acid groups (broad SMARTS) is 1. The van der Waals surface area contributed by atoms with Crippen molar-refractivity contribution in [3.63, 3.8) is 0 Å². The molecule has 0 heterocycles. The molecule has 0 radical (unpaired) electrons. The number of nitrogens with one attached hydrogen (secondary N) is 1. The van der Waals surface area contributed by atoms with E-state index in [1.54, 1.807) is 18.2 Å². The molecule has 1 aromatic carbocycles. The van der Waals surface area contributed by atoms with E-state index in [1.807, 2.05) is 12.2 Å². The van der Waals surface area contributed by atoms with Gasteiger partial charge in [0.1, 0.15) is 11.5 Å². The Balaban J connectivity index is 1.84. The van der Waals surface area contributed by atoms with Crippen molar-refractivity contribution < 1.29 is 24.2 Å². The summed E-state index contributed by atoms with van der Waals surface area (Å²) in [4.78, 5) is 24.1. The van der Waals surface area contributed by atoms with Crippen LogP contribution in [0.1, 0.15) is 6.42 Å². The third-order valence-corrected chi connectivity index (χ3v) is 4.70. The van der Waals surface area contributed by atoms with E-state index in [2.05, 4.69) is 5.32 Å². The monoisotopic (exact) mass is 316 g/mol. The van der Waals surface area contributed by atoms with E-state index in [4.69, 9.17) is 9.47 Å². The highest BCUT2D eigenvalue weighted by molar-refractivity contribution is 5.97. The lowest BCUT2D eigenvalue weighted by atomic mass is 9.82. The van der Waals surface area contributed by atoms with Gasteiger partial charge in [-0.2, -0.15) is 0 Å². The first-order valence-corrected chi connectivity index (χ1v) is 7.47. The highest BCUT2D eigenvalue weighted by atomic mass is 16.5. The molecule has 1 fully saturated rings. The first-order valence-electron chi connectivity index (χ1n) is 7.47. The number of benzene rings is 1. The van der Waals surface area contributed by atoms with E-state index in [-0.39, 0.29) is 17.7 Å². The van der Waals surface area contributed by atoms with E-state index in [1.165, 1.54) is 14.2 Å². The Morgan fingerprint density at radius 1 is 1.13 bits per heavy atom. The smallest absolute Gasteiger partial charge is 0.228 e. The van der Waals surface area contributed by atoms with E-state index < -0.39 is 17.8 Å². The molecule has 23 heavy (non-hydrogen) atoms. The van der Waals surface area contributed by atoms with Crippen LogP contribution in [-0.2, 0) is 9.59 Å². The van der Waals surface area contributed by atoms with Crippen molar-refractivity contribution in [3.05, 3.63) is 30.4 Å². The minimum Gasteiger partial charge on any atom is -0.550 e. The number of anilines is 1. The Morgan fingerprint density at radius 2 is 1.83 bits per heavy atom. The second-order valence-electron chi connectivity index (χ2n) is 5.87. The molecule has 0 aliphatic heterocycles. The minimum atomic E-state index is -1.17. The van der Waals surface area contributed by atoms with Crippen molar-refractivity contribution >= 4 is 17.6 Å². The maximum atomic E-state index is 12.7. The Bertz CT molecular complexity index is 669. The number of carbonyl (C=O) groups is 2. The summed E-state index contributed by atoms with van der Waals surface area (Å²) in [5, 5.41) is 14.2. The maximum Gasteiger partial charge on any atom is 0.228 e. The molecule has 122 valence electrons. The lowest BCUT2D eigenvalue weighted by molar-refractivity contribution is -0.313. The van der Waals surface area contributed by atoms with Gasteiger partial charge in [-0.15, -0.1) is 0 Å². The Morgan fingerprint density at radius 3 is 2.43 bits per heavy atom. The van der Waals surface area contributed by atoms with Gasteiger partial charge in [0.25, 0.3) is 0 Å². The van der Waals surface area contributed by atoms with Gasteiger partial charge in [-0.3, -0.25) is 4.79 Å². The van der Waals surface area contributed by atoms with Gasteiger partial charge in [0, 0.05) is 18.0 Å². The fraction of sp³-hybridized carbons (Fsp3) is 0.412. The summed E-state index contributed by atoms with van der Waals surface area (Å²) in [6.07, 6.45) is 4.49. The summed E-state index contributed by atoms with van der Waals surface area (Å²) in [7, 11) is 3.03. The third-order valence-electron chi connectivity index (χ3n) is 4.70. The first kappa shape index (κ1) is 15.4. The van der Waals surface area contributed by atoms with E-state index in [0.717, 1.165) is 0 Å². The molecular formula is C17H18NO5-. The van der Waals surface area contributed by atoms with Crippen LogP contribution in [0.5, 0.6) is 11.5 Å². The molecule has 0 spiro atoms. The molecule has 0 saturated heterocycles. The number of ether oxygens (including phenoxy) is 2. The van der Waals surface area contributed by atoms with Crippen molar-refractivity contribution in [2.75, 3.05) is 19.5 Å². The zero-order valence-electron chi connectivity index (χ0n) is 12.9. The summed E-state index contributed by atoms with van der Waals surface area (Å²) < 4.78 is 10.4. The van der Waals surface area contributed by atoms with E-state index in [9.17, 15) is 14.7 Å². The average molecular weight is 316 g/mol. The molecule has 2 bridgehead atoms. The number of fused-ring (bicyclic) bond motifs is 2. The van der Waals surface area contributed by atoms with Crippen LogP contribution < -0.4 is 19.9 Å². The van der Waals surface area contributed by atoms with Crippen molar-refractivity contribution in [1.82, 2.24) is 0 Å². The van der Waals surface area contributed by atoms with Crippen molar-refractivity contribution in [2.24, 2.45) is 23.7 Å². The predicted octanol–water partition coefficient (Wildman–Crippen LogP) is 0.830. The summed E-state index contributed by atoms with van der Waals surface area (Å²) in [5.74, 6) is -2.00. The van der Waals surface area contributed by atoms with Gasteiger partial charge in [-0.05, 0) is 30.4 Å². The number of rotatable bonds is 5. The number of allylic oxidation sites excluding steroid dienone is 2. The molecule has 1 aromatic rings. The number of hydrogen-bond donors (Lipinski definition) is 1. The number of carboxylic acids is 1. The number of methoxy groups -OCH3 is 2. The van der Waals surface area contributed by atoms with Crippen molar-refractivity contribution in [2.45, 2.75) is 6.42 Å². The van der Waals surface area contributed by atoms with Crippen LogP contribution in [0.15, 0.2) is 30.4 Å². The summed E-state index contributed by atoms with van der Waals surface area (Å²) in [6, 6.07) is 5.05. The van der Waals surface area contributed by atoms with Crippen LogP contribution in [0.25, 0.3) is 0 Å². The minimum absolute atomic E-state index is 0.0560. The van der Waals surface area contributed by atoms with Gasteiger partial charge in [0.2, 0.25) is 5.91 Å². The summed E-state index contributed by atoms with van der Waals surface area (Å²) in [5.41, 5.74) is 0.459. The summed E-state index contributed by atoms with van der Waals surface area (Å²) >= 11 is 0. The van der Waals surface area contributed by atoms with Gasteiger partial charge < -0.3 is 24.7 Å². The van der Waals surface area contributed by atoms with Gasteiger partial charge in [-0.1, -0.05) is 12.2 Å². The molecule has 3 rings (SSSR count). The highest BCUT2D eigenvalue weighted by Crippen LogP contribution is 2.48. The molecule has 0 unspecified atom stereocenters. The van der Waals surface area contributed by atoms with Crippen LogP contribution in [0, 0.1) is 23.7 Å². The third kappa shape index (κ3) is 2.65. The molecule has 2 aliphatic carbocycles. The van der Waals surface area contributed by atoms with Crippen LogP contribution in [0.4, 0.5) is 5.69 Å². The van der Waals surface area contributed by atoms with E-state index >= 15 is 0 Å². The van der Waals surface area contributed by atoms with Crippen molar-refractivity contribution in [1.29, 1.82) is 0 Å². The molecule has 1 N–H and O–H groups in total. The van der Waals surface area contributed by atoms with E-state index in [0.29, 0.717) is 23.6 Å². The quantitative estimate of drug-likeness (QED) is 0.813. The fourth-order valence-electron chi connectivity index (χ4n) is 3.63. The number of carbonyl (C=O) groups excluding carboxylic acids is 2. The first-order chi connectivity index (χ1) is 11.0. The molecular weight excluding hydrogens is 298 g/mol. The number of aliphatic carboxylic acids is 1. The average Bonchev–Trinajstić information content (AvgIpc) is 3.15. The zero-order chi connectivity index (χ0) is 16.6. The lowest BCUT2D eigenvalue weighted by Crippen LogP contribution is -2.42. The van der Waals surface area contributed by atoms with Gasteiger partial charge in [-0.25, -0.2) is 0 Å². The van der Waals surface area contributed by atoms with Gasteiger partial charge in [0.05, 0.1) is 25.8 Å². The molecule has 4 atom stereocenters. The van der Waals surface area contributed by atoms with Crippen LogP contribution in [0.3, 0.4) is 0 Å². The SMILES string of the molecule is COc1ccc(OC)c(NC(=O)[C@H]2[C@@H](C(=O)[O-])[C@H]3C=C[C@H]2C3)c1. The fourth-order valence-corrected chi connectivity index (χ4v) is 3.63. The lowest BCUT2D eigenvalue weighted by Gasteiger charge is -2.28. The number of hydrogen-bond acceptors (Lipinski definition) is 5. The molecule has 6 nitrogen and oxygen atoms in total. The largest absolute Gasteiger partial charge is 0.550 e. The Kier molecular flexibility index (Phi) is 3.98. The molecule has 1 amide bonds. The van der Waals surface area contributed by atoms with Gasteiger partial charge in [0.15, 0.2) is 0 Å². The topological polar surface area (TPSA) is 87.7 Å². The van der Waals surface area contributed by atoms with Crippen LogP contribution in [0.2, 0.25) is 0 Å². The summed E-state index contributed by atoms with van der Waals surface area (Å²) in [6.45, 7) is 0. The van der Waals surface area contributed by atoms with Crippen LogP contribution >= 0.6 is 0 Å². The second-order valence-corrected chi connectivity index (χ2v) is 5.87. The van der Waals surface area contributed by atoms with Crippen molar-refractivity contribution in [3.8, 4) is 11.5 Å². The zero-order valence-corrected chi connectivity index (χ0v) is 12.9. The standard InChI is InChI=1S/C17H19NO5/c1-22-11-5-6-13(23-2)12(8-11)18-16(19)14-9-3-4-10(7-9)15(14)17(20)21/h3-6,8-10,14-15H,7H2,1-2H3,(H,18,19)(H,20,21)/p-1/t9-,10-,14+,15-/m0/s1. The molecule has 2 aliphatic rings. The second kappa shape index (κ2) is 5.95. The van der Waals surface area contributed by atoms with Crippen LogP contribution in [-0.4, -0.2) is 26.1 Å². The Hall–Kier alpha value is -2.50. The number of amides is 1. The van der Waals surface area contributed by atoms with Gasteiger partial charge >= 0.3 is 0 Å². The molecule has 6 heteroatoms. The highest BCUT2D eigenvalue weighted by Gasteiger charge is 2.48. The Labute approximate surface area is 134 Å². The molecule has 0 aromatic heterocycles. The predicted molar refractivity (Wildman–Crippen MR) is 80.9 cm³/mol. The normalized spacial score (nSPS) is 27.7. The molecule has 1 saturated carbocycles. The maximum absolute atomic E-state index is 12.7.